The lowest BCUT2D eigenvalue weighted by Crippen LogP contribution is -2.58. The molecule has 2 aliphatic rings. The number of benzene rings is 1. The molecule has 1 heterocycles. The predicted molar refractivity (Wildman–Crippen MR) is 79.3 cm³/mol. The number of rotatable bonds is 3. The molecule has 0 radical (unpaired) electrons. The second kappa shape index (κ2) is 5.42. The highest BCUT2D eigenvalue weighted by atomic mass is 35.5. The Morgan fingerprint density at radius 3 is 2.86 bits per heavy atom. The Labute approximate surface area is 127 Å². The van der Waals surface area contributed by atoms with Gasteiger partial charge in [-0.15, -0.1) is 0 Å². The topological polar surface area (TPSA) is 67.2 Å². The Kier molecular flexibility index (Phi) is 3.75. The average molecular weight is 314 g/mol. The fourth-order valence-electron chi connectivity index (χ4n) is 3.29. The zero-order chi connectivity index (χ0) is 15.0. The smallest absolute Gasteiger partial charge is 0.295 e. The van der Waals surface area contributed by atoms with E-state index in [1.165, 1.54) is 12.5 Å². The summed E-state index contributed by atoms with van der Waals surface area (Å²) in [7, 11) is 0. The molecule has 1 saturated carbocycles. The van der Waals surface area contributed by atoms with Crippen LogP contribution >= 0.6 is 11.6 Å². The van der Waals surface area contributed by atoms with Crippen molar-refractivity contribution in [3.63, 3.8) is 0 Å². The maximum absolute atomic E-state index is 13.4. The molecule has 1 aliphatic carbocycles. The van der Waals surface area contributed by atoms with Gasteiger partial charge in [-0.3, -0.25) is 10.1 Å². The van der Waals surface area contributed by atoms with Gasteiger partial charge in [-0.2, -0.15) is 0 Å². The normalized spacial score (nSPS) is 23.6. The van der Waals surface area contributed by atoms with Gasteiger partial charge in [-0.05, 0) is 44.7 Å². The third kappa shape index (κ3) is 2.82. The molecule has 0 bridgehead atoms. The lowest BCUT2D eigenvalue weighted by Gasteiger charge is -2.48. The highest BCUT2D eigenvalue weighted by Gasteiger charge is 2.41. The average Bonchev–Trinajstić information content (AvgIpc) is 2.41. The summed E-state index contributed by atoms with van der Waals surface area (Å²) in [6.07, 6.45) is 5.34. The minimum Gasteiger partial charge on any atom is -0.377 e. The van der Waals surface area contributed by atoms with Crippen LogP contribution in [0.2, 0.25) is 5.02 Å². The summed E-state index contributed by atoms with van der Waals surface area (Å²) in [5.74, 6) is -0.769. The number of hydrogen-bond acceptors (Lipinski definition) is 4. The van der Waals surface area contributed by atoms with Crippen molar-refractivity contribution in [3.05, 3.63) is 33.1 Å². The number of hydrogen-bond donors (Lipinski definition) is 2. The van der Waals surface area contributed by atoms with Crippen molar-refractivity contribution in [3.8, 4) is 0 Å². The Hall–Kier alpha value is -1.40. The predicted octanol–water partition coefficient (Wildman–Crippen LogP) is 3.47. The van der Waals surface area contributed by atoms with E-state index in [2.05, 4.69) is 10.6 Å². The molecule has 1 unspecified atom stereocenters. The maximum atomic E-state index is 13.4. The van der Waals surface area contributed by atoms with Crippen LogP contribution in [0, 0.1) is 15.9 Å². The molecule has 21 heavy (non-hydrogen) atoms. The molecule has 1 aromatic carbocycles. The van der Waals surface area contributed by atoms with Crippen LogP contribution in [0.3, 0.4) is 0 Å². The molecule has 1 atom stereocenters. The Morgan fingerprint density at radius 1 is 1.48 bits per heavy atom. The fraction of sp³-hybridized carbons (Fsp3) is 0.571. The van der Waals surface area contributed by atoms with Gasteiger partial charge in [0, 0.05) is 11.6 Å². The van der Waals surface area contributed by atoms with Gasteiger partial charge in [-0.25, -0.2) is 4.39 Å². The van der Waals surface area contributed by atoms with Gasteiger partial charge >= 0.3 is 0 Å². The van der Waals surface area contributed by atoms with Gasteiger partial charge in [0.05, 0.1) is 16.0 Å². The molecule has 1 aromatic rings. The molecule has 5 nitrogen and oxygen atoms in total. The van der Waals surface area contributed by atoms with Crippen molar-refractivity contribution >= 4 is 23.0 Å². The molecule has 2 fully saturated rings. The molecule has 0 amide bonds. The van der Waals surface area contributed by atoms with Crippen LogP contribution in [-0.4, -0.2) is 23.0 Å². The monoisotopic (exact) mass is 313 g/mol. The van der Waals surface area contributed by atoms with Gasteiger partial charge in [0.2, 0.25) is 0 Å². The Balaban J connectivity index is 1.80. The van der Waals surface area contributed by atoms with E-state index < -0.39 is 10.7 Å². The van der Waals surface area contributed by atoms with Crippen molar-refractivity contribution in [2.75, 3.05) is 11.9 Å². The third-order valence-corrected chi connectivity index (χ3v) is 4.83. The van der Waals surface area contributed by atoms with Crippen molar-refractivity contribution in [2.45, 2.75) is 43.7 Å². The van der Waals surface area contributed by atoms with E-state index in [1.807, 2.05) is 0 Å². The number of nitro groups is 1. The highest BCUT2D eigenvalue weighted by molar-refractivity contribution is 6.31. The number of nitrogens with zero attached hydrogens (tertiary/aromatic N) is 1. The molecule has 114 valence electrons. The van der Waals surface area contributed by atoms with Crippen molar-refractivity contribution in [1.82, 2.24) is 5.32 Å². The van der Waals surface area contributed by atoms with Gasteiger partial charge < -0.3 is 10.6 Å². The standard InChI is InChI=1S/C14H17ClFN3O2/c15-10-6-12(13(19(20)21)7-11(10)16)18-9-2-5-17-14(8-9)3-1-4-14/h6-7,9,17-18H,1-5,8H2. The first-order valence-corrected chi connectivity index (χ1v) is 7.52. The van der Waals surface area contributed by atoms with Crippen LogP contribution in [0.5, 0.6) is 0 Å². The van der Waals surface area contributed by atoms with Gasteiger partial charge in [0.25, 0.3) is 5.69 Å². The highest BCUT2D eigenvalue weighted by Crippen LogP contribution is 2.40. The minimum atomic E-state index is -0.769. The molecule has 2 N–H and O–H groups in total. The van der Waals surface area contributed by atoms with Gasteiger partial charge in [0.15, 0.2) is 0 Å². The number of nitro benzene ring substituents is 1. The largest absolute Gasteiger partial charge is 0.377 e. The lowest BCUT2D eigenvalue weighted by molar-refractivity contribution is -0.384. The van der Waals surface area contributed by atoms with Crippen molar-refractivity contribution in [1.29, 1.82) is 0 Å². The minimum absolute atomic E-state index is 0.101. The Morgan fingerprint density at radius 2 is 2.24 bits per heavy atom. The van der Waals surface area contributed by atoms with E-state index in [0.717, 1.165) is 38.3 Å². The first-order valence-electron chi connectivity index (χ1n) is 7.14. The van der Waals surface area contributed by atoms with Crippen LogP contribution in [0.25, 0.3) is 0 Å². The molecular weight excluding hydrogens is 297 g/mol. The van der Waals surface area contributed by atoms with Crippen LogP contribution in [0.15, 0.2) is 12.1 Å². The van der Waals surface area contributed by atoms with Crippen molar-refractivity contribution < 1.29 is 9.31 Å². The van der Waals surface area contributed by atoms with E-state index in [4.69, 9.17) is 11.6 Å². The summed E-state index contributed by atoms with van der Waals surface area (Å²) in [4.78, 5) is 10.5. The molecular formula is C14H17ClFN3O2. The second-order valence-electron chi connectivity index (χ2n) is 5.94. The molecule has 1 aliphatic heterocycles. The summed E-state index contributed by atoms with van der Waals surface area (Å²) in [5.41, 5.74) is 0.222. The Bertz CT molecular complexity index is 578. The maximum Gasteiger partial charge on any atom is 0.295 e. The first kappa shape index (κ1) is 14.5. The van der Waals surface area contributed by atoms with E-state index in [0.29, 0.717) is 5.69 Å². The molecule has 3 rings (SSSR count). The van der Waals surface area contributed by atoms with Crippen LogP contribution in [-0.2, 0) is 0 Å². The molecule has 1 spiro atoms. The van der Waals surface area contributed by atoms with E-state index >= 15 is 0 Å². The van der Waals surface area contributed by atoms with Crippen LogP contribution in [0.1, 0.15) is 32.1 Å². The molecule has 1 saturated heterocycles. The van der Waals surface area contributed by atoms with E-state index in [-0.39, 0.29) is 22.3 Å². The summed E-state index contributed by atoms with van der Waals surface area (Å²) in [5, 5.41) is 17.7. The fourth-order valence-corrected chi connectivity index (χ4v) is 3.45. The number of piperidine rings is 1. The van der Waals surface area contributed by atoms with E-state index in [1.54, 1.807) is 0 Å². The lowest BCUT2D eigenvalue weighted by atomic mass is 9.70. The second-order valence-corrected chi connectivity index (χ2v) is 6.34. The van der Waals surface area contributed by atoms with E-state index in [9.17, 15) is 14.5 Å². The van der Waals surface area contributed by atoms with Gasteiger partial charge in [0.1, 0.15) is 11.5 Å². The zero-order valence-electron chi connectivity index (χ0n) is 11.5. The first-order chi connectivity index (χ1) is 9.99. The molecule has 7 heteroatoms. The van der Waals surface area contributed by atoms with Crippen LogP contribution in [0.4, 0.5) is 15.8 Å². The number of anilines is 1. The van der Waals surface area contributed by atoms with Crippen molar-refractivity contribution in [2.24, 2.45) is 0 Å². The quantitative estimate of drug-likeness (QED) is 0.662. The number of halogens is 2. The third-order valence-electron chi connectivity index (χ3n) is 4.54. The SMILES string of the molecule is O=[N+]([O-])c1cc(F)c(Cl)cc1NC1CCNC2(CCC2)C1. The summed E-state index contributed by atoms with van der Waals surface area (Å²) in [6, 6.07) is 2.34. The summed E-state index contributed by atoms with van der Waals surface area (Å²) in [6.45, 7) is 0.889. The summed E-state index contributed by atoms with van der Waals surface area (Å²) >= 11 is 5.75. The van der Waals surface area contributed by atoms with Crippen LogP contribution < -0.4 is 10.6 Å². The zero-order valence-corrected chi connectivity index (χ0v) is 12.3. The molecule has 0 aromatic heterocycles. The summed E-state index contributed by atoms with van der Waals surface area (Å²) < 4.78 is 13.4. The van der Waals surface area contributed by atoms with Gasteiger partial charge in [-0.1, -0.05) is 11.6 Å². The number of nitrogens with one attached hydrogen (secondary N) is 2.